The lowest BCUT2D eigenvalue weighted by atomic mass is 9.80. The topological polar surface area (TPSA) is 44.8 Å². The number of ether oxygens (including phenoxy) is 3. The lowest BCUT2D eigenvalue weighted by Gasteiger charge is -2.44. The molecule has 1 aliphatic carbocycles. The normalized spacial score (nSPS) is 33.2. The van der Waals surface area contributed by atoms with Gasteiger partial charge < -0.3 is 14.2 Å². The highest BCUT2D eigenvalue weighted by atomic mass is 16.6. The highest BCUT2D eigenvalue weighted by Gasteiger charge is 2.48. The van der Waals surface area contributed by atoms with Crippen LogP contribution in [0.1, 0.15) is 33.1 Å². The van der Waals surface area contributed by atoms with E-state index in [0.29, 0.717) is 5.57 Å². The molecule has 0 aromatic rings. The van der Waals surface area contributed by atoms with Crippen LogP contribution in [0.15, 0.2) is 12.2 Å². The lowest BCUT2D eigenvalue weighted by Crippen LogP contribution is -2.56. The van der Waals surface area contributed by atoms with Gasteiger partial charge in [-0.15, -0.1) is 0 Å². The van der Waals surface area contributed by atoms with Gasteiger partial charge in [0.2, 0.25) is 0 Å². The quantitative estimate of drug-likeness (QED) is 0.559. The molecular weight excluding hydrogens is 220 g/mol. The van der Waals surface area contributed by atoms with Gasteiger partial charge in [0.05, 0.1) is 12.2 Å². The SMILES string of the molecule is C=C(C)C(=O)OC1(C)C(OC)CCCC1OC. The zero-order valence-corrected chi connectivity index (χ0v) is 11.1. The first-order valence-electron chi connectivity index (χ1n) is 5.90. The molecule has 0 aromatic heterocycles. The Bertz CT molecular complexity index is 286. The second-order valence-electron chi connectivity index (χ2n) is 4.73. The molecule has 1 aliphatic rings. The molecule has 2 atom stereocenters. The Kier molecular flexibility index (Phi) is 4.71. The molecule has 0 aliphatic heterocycles. The molecule has 0 aromatic carbocycles. The van der Waals surface area contributed by atoms with Crippen LogP contribution in [-0.4, -0.2) is 38.0 Å². The summed E-state index contributed by atoms with van der Waals surface area (Å²) in [4.78, 5) is 11.7. The van der Waals surface area contributed by atoms with Crippen LogP contribution in [0.25, 0.3) is 0 Å². The van der Waals surface area contributed by atoms with Crippen molar-refractivity contribution in [1.29, 1.82) is 0 Å². The molecule has 0 saturated heterocycles. The van der Waals surface area contributed by atoms with E-state index in [1.54, 1.807) is 21.1 Å². The van der Waals surface area contributed by atoms with Crippen LogP contribution in [0.3, 0.4) is 0 Å². The number of carbonyl (C=O) groups is 1. The van der Waals surface area contributed by atoms with E-state index < -0.39 is 11.6 Å². The number of hydrogen-bond acceptors (Lipinski definition) is 4. The smallest absolute Gasteiger partial charge is 0.333 e. The van der Waals surface area contributed by atoms with Crippen molar-refractivity contribution in [3.05, 3.63) is 12.2 Å². The van der Waals surface area contributed by atoms with Crippen molar-refractivity contribution in [2.24, 2.45) is 0 Å². The number of carbonyl (C=O) groups excluding carboxylic acids is 1. The van der Waals surface area contributed by atoms with E-state index in [4.69, 9.17) is 14.2 Å². The predicted octanol–water partition coefficient (Wildman–Crippen LogP) is 2.08. The Labute approximate surface area is 103 Å². The van der Waals surface area contributed by atoms with Crippen molar-refractivity contribution in [3.8, 4) is 0 Å². The average Bonchev–Trinajstić information content (AvgIpc) is 2.28. The Hall–Kier alpha value is -0.870. The van der Waals surface area contributed by atoms with E-state index in [2.05, 4.69) is 6.58 Å². The molecule has 0 N–H and O–H groups in total. The monoisotopic (exact) mass is 242 g/mol. The minimum absolute atomic E-state index is 0.135. The van der Waals surface area contributed by atoms with Crippen LogP contribution in [0.2, 0.25) is 0 Å². The molecule has 1 saturated carbocycles. The van der Waals surface area contributed by atoms with Crippen LogP contribution in [0.5, 0.6) is 0 Å². The van der Waals surface area contributed by atoms with Crippen LogP contribution in [0, 0.1) is 0 Å². The maximum atomic E-state index is 11.7. The Morgan fingerprint density at radius 3 is 2.06 bits per heavy atom. The van der Waals surface area contributed by atoms with Gasteiger partial charge >= 0.3 is 5.97 Å². The van der Waals surface area contributed by atoms with E-state index in [1.165, 1.54) is 0 Å². The minimum Gasteiger partial charge on any atom is -0.450 e. The molecule has 1 fully saturated rings. The molecule has 4 nitrogen and oxygen atoms in total. The molecule has 98 valence electrons. The van der Waals surface area contributed by atoms with E-state index in [1.807, 2.05) is 6.92 Å². The van der Waals surface area contributed by atoms with Crippen molar-refractivity contribution in [2.75, 3.05) is 14.2 Å². The second-order valence-corrected chi connectivity index (χ2v) is 4.73. The van der Waals surface area contributed by atoms with Gasteiger partial charge in [-0.25, -0.2) is 4.79 Å². The Morgan fingerprint density at radius 2 is 1.71 bits per heavy atom. The molecule has 2 unspecified atom stereocenters. The van der Waals surface area contributed by atoms with Crippen molar-refractivity contribution >= 4 is 5.97 Å². The third kappa shape index (κ3) is 2.87. The molecular formula is C13H22O4. The van der Waals surface area contributed by atoms with Gasteiger partial charge in [-0.05, 0) is 33.1 Å². The van der Waals surface area contributed by atoms with Gasteiger partial charge in [-0.3, -0.25) is 0 Å². The highest BCUT2D eigenvalue weighted by Crippen LogP contribution is 2.36. The zero-order chi connectivity index (χ0) is 13.1. The highest BCUT2D eigenvalue weighted by molar-refractivity contribution is 5.87. The van der Waals surface area contributed by atoms with Gasteiger partial charge in [0.15, 0.2) is 5.60 Å². The molecule has 1 rings (SSSR count). The first-order chi connectivity index (χ1) is 7.95. The molecule has 0 spiro atoms. The van der Waals surface area contributed by atoms with Gasteiger partial charge in [0.1, 0.15) is 0 Å². The summed E-state index contributed by atoms with van der Waals surface area (Å²) in [5.74, 6) is -0.390. The minimum atomic E-state index is -0.738. The predicted molar refractivity (Wildman–Crippen MR) is 64.8 cm³/mol. The maximum Gasteiger partial charge on any atom is 0.333 e. The summed E-state index contributed by atoms with van der Waals surface area (Å²) in [7, 11) is 3.27. The summed E-state index contributed by atoms with van der Waals surface area (Å²) in [5, 5.41) is 0. The summed E-state index contributed by atoms with van der Waals surface area (Å²) >= 11 is 0. The van der Waals surface area contributed by atoms with Gasteiger partial charge in [0.25, 0.3) is 0 Å². The summed E-state index contributed by atoms with van der Waals surface area (Å²) in [6.45, 7) is 7.10. The van der Waals surface area contributed by atoms with Crippen molar-refractivity contribution < 1.29 is 19.0 Å². The van der Waals surface area contributed by atoms with Crippen molar-refractivity contribution in [3.63, 3.8) is 0 Å². The third-order valence-electron chi connectivity index (χ3n) is 3.44. The summed E-state index contributed by atoms with van der Waals surface area (Å²) < 4.78 is 16.4. The fraction of sp³-hybridized carbons (Fsp3) is 0.769. The van der Waals surface area contributed by atoms with E-state index in [9.17, 15) is 4.79 Å². The molecule has 0 radical (unpaired) electrons. The second kappa shape index (κ2) is 5.65. The molecule has 0 heterocycles. The van der Waals surface area contributed by atoms with Crippen LogP contribution >= 0.6 is 0 Å². The van der Waals surface area contributed by atoms with Crippen LogP contribution in [-0.2, 0) is 19.0 Å². The van der Waals surface area contributed by atoms with E-state index in [0.717, 1.165) is 19.3 Å². The fourth-order valence-electron chi connectivity index (χ4n) is 2.39. The fourth-order valence-corrected chi connectivity index (χ4v) is 2.39. The first-order valence-corrected chi connectivity index (χ1v) is 5.90. The zero-order valence-electron chi connectivity index (χ0n) is 11.1. The number of esters is 1. The average molecular weight is 242 g/mol. The Balaban J connectivity index is 2.90. The lowest BCUT2D eigenvalue weighted by molar-refractivity contribution is -0.206. The van der Waals surface area contributed by atoms with E-state index >= 15 is 0 Å². The summed E-state index contributed by atoms with van der Waals surface area (Å²) in [5.41, 5.74) is -0.348. The number of hydrogen-bond donors (Lipinski definition) is 0. The van der Waals surface area contributed by atoms with Crippen LogP contribution in [0.4, 0.5) is 0 Å². The van der Waals surface area contributed by atoms with Crippen molar-refractivity contribution in [2.45, 2.75) is 50.9 Å². The summed E-state index contributed by atoms with van der Waals surface area (Å²) in [6.07, 6.45) is 2.48. The number of methoxy groups -OCH3 is 2. The standard InChI is InChI=1S/C13H22O4/c1-9(2)12(14)17-13(3)10(15-4)7-6-8-11(13)16-5/h10-11H,1,6-8H2,2-5H3. The maximum absolute atomic E-state index is 11.7. The van der Waals surface area contributed by atoms with Crippen molar-refractivity contribution in [1.82, 2.24) is 0 Å². The van der Waals surface area contributed by atoms with Crippen LogP contribution < -0.4 is 0 Å². The number of rotatable bonds is 4. The van der Waals surface area contributed by atoms with Gasteiger partial charge in [-0.2, -0.15) is 0 Å². The van der Waals surface area contributed by atoms with Gasteiger partial charge in [-0.1, -0.05) is 6.58 Å². The Morgan fingerprint density at radius 1 is 1.24 bits per heavy atom. The molecule has 17 heavy (non-hydrogen) atoms. The first kappa shape index (κ1) is 14.2. The van der Waals surface area contributed by atoms with E-state index in [-0.39, 0.29) is 12.2 Å². The third-order valence-corrected chi connectivity index (χ3v) is 3.44. The molecule has 0 amide bonds. The molecule has 4 heteroatoms. The summed E-state index contributed by atoms with van der Waals surface area (Å²) in [6, 6.07) is 0. The largest absolute Gasteiger partial charge is 0.450 e. The molecule has 0 bridgehead atoms. The van der Waals surface area contributed by atoms with Gasteiger partial charge in [0, 0.05) is 19.8 Å².